The van der Waals surface area contributed by atoms with Crippen LogP contribution in [0.2, 0.25) is 0 Å². The van der Waals surface area contributed by atoms with Crippen molar-refractivity contribution in [2.24, 2.45) is 18.4 Å². The zero-order valence-corrected chi connectivity index (χ0v) is 36.0. The van der Waals surface area contributed by atoms with Gasteiger partial charge in [0.2, 0.25) is 17.8 Å². The summed E-state index contributed by atoms with van der Waals surface area (Å²) in [5, 5.41) is 16.7. The number of aromatic nitrogens is 4. The molecule has 6 fully saturated rings. The Labute approximate surface area is 356 Å². The Balaban J connectivity index is 0.693. The molecule has 0 bridgehead atoms. The number of carbonyl (C=O) groups excluding carboxylic acids is 2. The average Bonchev–Trinajstić information content (AvgIpc) is 4.05. The molecule has 6 aliphatic rings. The monoisotopic (exact) mass is 832 g/mol. The molecule has 3 aliphatic heterocycles. The highest BCUT2D eigenvalue weighted by molar-refractivity contribution is 8.00. The van der Waals surface area contributed by atoms with Gasteiger partial charge in [-0.05, 0) is 162 Å². The van der Waals surface area contributed by atoms with Crippen molar-refractivity contribution < 1.29 is 14.7 Å². The minimum absolute atomic E-state index is 0.164. The summed E-state index contributed by atoms with van der Waals surface area (Å²) in [5.74, 6) is 1.70. The number of likely N-dealkylation sites (tertiary alicyclic amines) is 1. The largest absolute Gasteiger partial charge is 0.393 e. The van der Waals surface area contributed by atoms with Gasteiger partial charge in [-0.1, -0.05) is 6.07 Å². The number of nitrogens with one attached hydrogen (secondary N) is 2. The van der Waals surface area contributed by atoms with Gasteiger partial charge in [-0.3, -0.25) is 24.0 Å². The maximum atomic E-state index is 13.5. The standard InChI is InChI=1S/C47H60N8O4S/c1-29-24-34(12-13-37(29)49-45-48-27-36(31-6-7-31)42(51-45)32-8-10-33(56)11-9-32)60-35-25-47(26-35)18-22-53(23-19-47)28-30-16-20-54(21-17-30)38-4-3-5-39-43(38)52(2)46(59)55(39)40-14-15-41(57)50-44(40)58/h3-5,12-13,24,27,30-33,35,40,56H,6-11,14-23,25-26,28H2,1-2H3,(H,48,49,51)(H,50,57,58). The number of rotatable bonds is 10. The Bertz CT molecular complexity index is 2320. The van der Waals surface area contributed by atoms with E-state index in [0.717, 1.165) is 80.6 Å². The summed E-state index contributed by atoms with van der Waals surface area (Å²) in [6.07, 6.45) is 16.2. The van der Waals surface area contributed by atoms with Crippen LogP contribution in [0.25, 0.3) is 11.0 Å². The van der Waals surface area contributed by atoms with Gasteiger partial charge in [0, 0.05) is 61.1 Å². The predicted molar refractivity (Wildman–Crippen MR) is 236 cm³/mol. The number of hydrogen-bond donors (Lipinski definition) is 3. The van der Waals surface area contributed by atoms with Crippen molar-refractivity contribution in [2.45, 2.75) is 131 Å². The smallest absolute Gasteiger partial charge is 0.329 e. The van der Waals surface area contributed by atoms with E-state index in [1.165, 1.54) is 73.3 Å². The first kappa shape index (κ1) is 39.9. The quantitative estimate of drug-likeness (QED) is 0.140. The molecule has 13 heteroatoms. The Morgan fingerprint density at radius 3 is 2.38 bits per heavy atom. The molecule has 318 valence electrons. The molecule has 3 saturated carbocycles. The number of hydrogen-bond acceptors (Lipinski definition) is 10. The highest BCUT2D eigenvalue weighted by atomic mass is 32.2. The number of para-hydroxylation sites is 1. The van der Waals surface area contributed by atoms with Gasteiger partial charge >= 0.3 is 5.69 Å². The van der Waals surface area contributed by atoms with Gasteiger partial charge in [0.25, 0.3) is 0 Å². The van der Waals surface area contributed by atoms with Crippen LogP contribution in [0.5, 0.6) is 0 Å². The van der Waals surface area contributed by atoms with Crippen LogP contribution in [0.1, 0.15) is 125 Å². The number of thioether (sulfide) groups is 1. The van der Waals surface area contributed by atoms with E-state index in [9.17, 15) is 19.5 Å². The van der Waals surface area contributed by atoms with E-state index in [2.05, 4.69) is 69.6 Å². The molecule has 60 heavy (non-hydrogen) atoms. The molecule has 4 aromatic rings. The second kappa shape index (κ2) is 16.2. The van der Waals surface area contributed by atoms with Gasteiger partial charge in [0.1, 0.15) is 6.04 Å². The number of carbonyl (C=O) groups is 2. The lowest BCUT2D eigenvalue weighted by Gasteiger charge is -2.52. The summed E-state index contributed by atoms with van der Waals surface area (Å²) in [5.41, 5.74) is 7.78. The Morgan fingerprint density at radius 1 is 0.917 bits per heavy atom. The molecule has 3 N–H and O–H groups in total. The number of fused-ring (bicyclic) bond motifs is 1. The normalized spacial score (nSPS) is 25.4. The van der Waals surface area contributed by atoms with Crippen molar-refractivity contribution in [3.8, 4) is 0 Å². The minimum Gasteiger partial charge on any atom is -0.393 e. The molecule has 0 radical (unpaired) electrons. The third-order valence-electron chi connectivity index (χ3n) is 15.0. The Hall–Kier alpha value is -4.20. The Morgan fingerprint density at radius 2 is 1.67 bits per heavy atom. The second-order valence-corrected chi connectivity index (χ2v) is 20.5. The van der Waals surface area contributed by atoms with Gasteiger partial charge in [-0.15, -0.1) is 11.8 Å². The molecule has 10 rings (SSSR count). The molecule has 1 unspecified atom stereocenters. The molecule has 3 aliphatic carbocycles. The number of imide groups is 1. The van der Waals surface area contributed by atoms with E-state index in [1.807, 2.05) is 12.1 Å². The average molecular weight is 833 g/mol. The number of aliphatic hydroxyl groups is 1. The van der Waals surface area contributed by atoms with E-state index in [-0.39, 0.29) is 24.1 Å². The topological polar surface area (TPSA) is 138 Å². The lowest BCUT2D eigenvalue weighted by atomic mass is 9.63. The van der Waals surface area contributed by atoms with Crippen LogP contribution in [-0.2, 0) is 16.6 Å². The fraction of sp³-hybridized carbons (Fsp3) is 0.596. The molecule has 5 heterocycles. The first-order chi connectivity index (χ1) is 29.1. The molecule has 2 amide bonds. The van der Waals surface area contributed by atoms with E-state index < -0.39 is 11.9 Å². The fourth-order valence-corrected chi connectivity index (χ4v) is 12.9. The van der Waals surface area contributed by atoms with Gasteiger partial charge in [0.15, 0.2) is 0 Å². The summed E-state index contributed by atoms with van der Waals surface area (Å²) in [6.45, 7) is 7.64. The first-order valence-corrected chi connectivity index (χ1v) is 23.6. The minimum atomic E-state index is -0.673. The van der Waals surface area contributed by atoms with Crippen LogP contribution in [0.4, 0.5) is 17.3 Å². The SMILES string of the molecule is Cc1cc(SC2CC3(CCN(CC4CCN(c5cccc6c5n(C)c(=O)n6C5CCC(=O)NC5=O)CC4)CC3)C2)ccc1Nc1ncc(C2CC2)c(C2CCC(O)CC2)n1. The number of amides is 2. The van der Waals surface area contributed by atoms with E-state index in [4.69, 9.17) is 9.97 Å². The van der Waals surface area contributed by atoms with Crippen LogP contribution < -0.4 is 21.2 Å². The van der Waals surface area contributed by atoms with Crippen LogP contribution >= 0.6 is 11.8 Å². The zero-order valence-electron chi connectivity index (χ0n) is 35.2. The lowest BCUT2D eigenvalue weighted by Crippen LogP contribution is -2.49. The molecule has 3 saturated heterocycles. The van der Waals surface area contributed by atoms with Crippen molar-refractivity contribution in [3.05, 3.63) is 69.9 Å². The molecule has 1 spiro atoms. The van der Waals surface area contributed by atoms with Crippen LogP contribution in [-0.4, -0.2) is 85.0 Å². The molecule has 2 aromatic carbocycles. The maximum absolute atomic E-state index is 13.5. The highest BCUT2D eigenvalue weighted by Gasteiger charge is 2.46. The Kier molecular flexibility index (Phi) is 10.8. The molecule has 12 nitrogen and oxygen atoms in total. The second-order valence-electron chi connectivity index (χ2n) is 19.1. The summed E-state index contributed by atoms with van der Waals surface area (Å²) in [6, 6.07) is 12.1. The van der Waals surface area contributed by atoms with Crippen molar-refractivity contribution in [3.63, 3.8) is 0 Å². The molecular formula is C47H60N8O4S. The molecular weight excluding hydrogens is 773 g/mol. The number of benzene rings is 2. The highest BCUT2D eigenvalue weighted by Crippen LogP contribution is 2.55. The van der Waals surface area contributed by atoms with Crippen LogP contribution in [0.3, 0.4) is 0 Å². The summed E-state index contributed by atoms with van der Waals surface area (Å²) in [4.78, 5) is 54.3. The van der Waals surface area contributed by atoms with Gasteiger partial charge in [-0.25, -0.2) is 14.8 Å². The summed E-state index contributed by atoms with van der Waals surface area (Å²) >= 11 is 2.05. The molecule has 2 aromatic heterocycles. The molecule has 1 atom stereocenters. The van der Waals surface area contributed by atoms with E-state index >= 15 is 0 Å². The third kappa shape index (κ3) is 7.90. The van der Waals surface area contributed by atoms with Gasteiger partial charge in [-0.2, -0.15) is 0 Å². The van der Waals surface area contributed by atoms with Crippen LogP contribution in [0, 0.1) is 18.3 Å². The van der Waals surface area contributed by atoms with Crippen molar-refractivity contribution in [1.82, 2.24) is 29.3 Å². The van der Waals surface area contributed by atoms with Crippen molar-refractivity contribution >= 4 is 51.9 Å². The zero-order chi connectivity index (χ0) is 41.1. The number of imidazole rings is 1. The predicted octanol–water partition coefficient (Wildman–Crippen LogP) is 7.31. The summed E-state index contributed by atoms with van der Waals surface area (Å²) < 4.78 is 3.26. The third-order valence-corrected chi connectivity index (χ3v) is 16.2. The number of aryl methyl sites for hydroxylation is 2. The van der Waals surface area contributed by atoms with Crippen LogP contribution in [0.15, 0.2) is 52.3 Å². The lowest BCUT2D eigenvalue weighted by molar-refractivity contribution is -0.135. The first-order valence-electron chi connectivity index (χ1n) is 22.7. The van der Waals surface area contributed by atoms with E-state index in [1.54, 1.807) is 16.2 Å². The number of nitrogens with zero attached hydrogens (tertiary/aromatic N) is 6. The van der Waals surface area contributed by atoms with Gasteiger partial charge in [0.05, 0.1) is 28.5 Å². The van der Waals surface area contributed by atoms with E-state index in [0.29, 0.717) is 40.8 Å². The van der Waals surface area contributed by atoms with Gasteiger partial charge < -0.3 is 20.2 Å². The summed E-state index contributed by atoms with van der Waals surface area (Å²) in [7, 11) is 1.79. The number of piperidine rings is 3. The van der Waals surface area contributed by atoms with Crippen molar-refractivity contribution in [2.75, 3.05) is 42.9 Å². The fourth-order valence-electron chi connectivity index (χ4n) is 11.2. The number of anilines is 3. The maximum Gasteiger partial charge on any atom is 0.329 e. The van der Waals surface area contributed by atoms with Crippen molar-refractivity contribution in [1.29, 1.82) is 0 Å². The number of aliphatic hydroxyl groups excluding tert-OH is 1.